The Morgan fingerprint density at radius 3 is 2.57 bits per heavy atom. The summed E-state index contributed by atoms with van der Waals surface area (Å²) in [6, 6.07) is 9.77. The second-order valence-corrected chi connectivity index (χ2v) is 9.86. The third-order valence-electron chi connectivity index (χ3n) is 6.80. The lowest BCUT2D eigenvalue weighted by atomic mass is 9.73. The van der Waals surface area contributed by atoms with Gasteiger partial charge in [0.15, 0.2) is 0 Å². The monoisotopic (exact) mass is 479 g/mol. The highest BCUT2D eigenvalue weighted by molar-refractivity contribution is 5.72. The van der Waals surface area contributed by atoms with Crippen molar-refractivity contribution in [1.29, 1.82) is 0 Å². The van der Waals surface area contributed by atoms with Crippen LogP contribution in [0.4, 0.5) is 9.18 Å². The number of carbonyl (C=O) groups excluding carboxylic acids is 1. The summed E-state index contributed by atoms with van der Waals surface area (Å²) in [5, 5.41) is 11.2. The molecule has 0 heterocycles. The topological polar surface area (TPSA) is 49.8 Å². The normalized spacial score (nSPS) is 17.6. The van der Waals surface area contributed by atoms with E-state index >= 15 is 0 Å². The van der Waals surface area contributed by atoms with Crippen molar-refractivity contribution in [3.05, 3.63) is 82.7 Å². The summed E-state index contributed by atoms with van der Waals surface area (Å²) in [7, 11) is 1.65. The van der Waals surface area contributed by atoms with E-state index in [-0.39, 0.29) is 29.9 Å². The molecule has 35 heavy (non-hydrogen) atoms. The first kappa shape index (κ1) is 26.5. The van der Waals surface area contributed by atoms with Crippen molar-refractivity contribution in [3.63, 3.8) is 0 Å². The van der Waals surface area contributed by atoms with Gasteiger partial charge in [-0.2, -0.15) is 0 Å². The molecule has 0 fully saturated rings. The maximum absolute atomic E-state index is 13.3. The second-order valence-electron chi connectivity index (χ2n) is 9.86. The molecule has 188 valence electrons. The van der Waals surface area contributed by atoms with E-state index in [4.69, 9.17) is 4.74 Å². The van der Waals surface area contributed by atoms with E-state index < -0.39 is 6.09 Å². The summed E-state index contributed by atoms with van der Waals surface area (Å²) in [6.07, 6.45) is 7.59. The predicted molar refractivity (Wildman–Crippen MR) is 139 cm³/mol. The molecule has 1 aliphatic rings. The number of aromatic hydroxyl groups is 1. The minimum atomic E-state index is -0.524. The molecule has 5 heteroatoms. The molecule has 1 amide bonds. The maximum Gasteiger partial charge on any atom is 0.415 e. The van der Waals surface area contributed by atoms with E-state index in [1.54, 1.807) is 19.2 Å². The summed E-state index contributed by atoms with van der Waals surface area (Å²) in [4.78, 5) is 14.6. The zero-order valence-corrected chi connectivity index (χ0v) is 21.4. The highest BCUT2D eigenvalue weighted by atomic mass is 19.1. The van der Waals surface area contributed by atoms with Crippen molar-refractivity contribution in [2.75, 3.05) is 7.05 Å². The summed E-state index contributed by atoms with van der Waals surface area (Å²) in [5.41, 5.74) is 4.70. The zero-order valence-electron chi connectivity index (χ0n) is 21.4. The SMILES string of the molecule is C=C(C)[C@@H]1CCC(C)=C[C@H]1c1c(O)cc(CCCCC)cc1OC(=O)N(C)Cc1ccc(F)cc1. The van der Waals surface area contributed by atoms with Crippen molar-refractivity contribution >= 4 is 6.09 Å². The summed E-state index contributed by atoms with van der Waals surface area (Å²) in [5.74, 6) is 0.280. The van der Waals surface area contributed by atoms with Gasteiger partial charge in [-0.1, -0.05) is 55.7 Å². The number of aryl methyl sites for hydroxylation is 1. The molecule has 0 saturated carbocycles. The Bertz CT molecular complexity index is 1070. The molecule has 3 rings (SSSR count). The number of benzene rings is 2. The maximum atomic E-state index is 13.3. The molecule has 2 aromatic rings. The van der Waals surface area contributed by atoms with Crippen LogP contribution in [0.1, 0.15) is 75.5 Å². The van der Waals surface area contributed by atoms with Crippen molar-refractivity contribution in [3.8, 4) is 11.5 Å². The fourth-order valence-corrected chi connectivity index (χ4v) is 4.82. The van der Waals surface area contributed by atoms with Gasteiger partial charge in [0.25, 0.3) is 0 Å². The van der Waals surface area contributed by atoms with E-state index in [1.807, 2.05) is 19.1 Å². The van der Waals surface area contributed by atoms with Gasteiger partial charge in [0.05, 0.1) is 0 Å². The molecular weight excluding hydrogens is 441 g/mol. The van der Waals surface area contributed by atoms with Crippen LogP contribution >= 0.6 is 0 Å². The number of allylic oxidation sites excluding steroid dienone is 3. The minimum absolute atomic E-state index is 0.115. The van der Waals surface area contributed by atoms with Crippen LogP contribution in [0, 0.1) is 11.7 Å². The van der Waals surface area contributed by atoms with E-state index in [1.165, 1.54) is 22.6 Å². The van der Waals surface area contributed by atoms with Gasteiger partial charge in [0.2, 0.25) is 0 Å². The fraction of sp³-hybridized carbons (Fsp3) is 0.433. The third-order valence-corrected chi connectivity index (χ3v) is 6.80. The third kappa shape index (κ3) is 6.97. The predicted octanol–water partition coefficient (Wildman–Crippen LogP) is 7.91. The van der Waals surface area contributed by atoms with Gasteiger partial charge in [0, 0.05) is 25.1 Å². The largest absolute Gasteiger partial charge is 0.507 e. The Balaban J connectivity index is 1.94. The summed E-state index contributed by atoms with van der Waals surface area (Å²) < 4.78 is 19.2. The van der Waals surface area contributed by atoms with Crippen LogP contribution in [-0.4, -0.2) is 23.1 Å². The van der Waals surface area contributed by atoms with E-state index in [9.17, 15) is 14.3 Å². The summed E-state index contributed by atoms with van der Waals surface area (Å²) in [6.45, 7) is 10.7. The number of phenolic OH excluding ortho intramolecular Hbond substituents is 1. The van der Waals surface area contributed by atoms with Gasteiger partial charge < -0.3 is 14.7 Å². The van der Waals surface area contributed by atoms with E-state index in [2.05, 4.69) is 26.5 Å². The number of carbonyl (C=O) groups is 1. The number of hydrogen-bond donors (Lipinski definition) is 1. The van der Waals surface area contributed by atoms with Crippen molar-refractivity contribution < 1.29 is 19.0 Å². The Labute approximate surface area is 209 Å². The number of unbranched alkanes of at least 4 members (excludes halogenated alkanes) is 2. The molecule has 0 bridgehead atoms. The second kappa shape index (κ2) is 12.1. The van der Waals surface area contributed by atoms with Crippen LogP contribution in [0.25, 0.3) is 0 Å². The lowest BCUT2D eigenvalue weighted by Gasteiger charge is -2.32. The van der Waals surface area contributed by atoms with E-state index in [0.29, 0.717) is 11.3 Å². The molecule has 1 N–H and O–H groups in total. The van der Waals surface area contributed by atoms with Gasteiger partial charge in [-0.15, -0.1) is 0 Å². The number of amides is 1. The van der Waals surface area contributed by atoms with Crippen LogP contribution < -0.4 is 4.74 Å². The minimum Gasteiger partial charge on any atom is -0.507 e. The Morgan fingerprint density at radius 1 is 1.20 bits per heavy atom. The fourth-order valence-electron chi connectivity index (χ4n) is 4.82. The van der Waals surface area contributed by atoms with Crippen LogP contribution in [0.3, 0.4) is 0 Å². The lowest BCUT2D eigenvalue weighted by Crippen LogP contribution is -2.30. The Kier molecular flexibility index (Phi) is 9.13. The van der Waals surface area contributed by atoms with E-state index in [0.717, 1.165) is 55.2 Å². The van der Waals surface area contributed by atoms with Crippen molar-refractivity contribution in [1.82, 2.24) is 4.90 Å². The Morgan fingerprint density at radius 2 is 1.91 bits per heavy atom. The molecule has 0 aromatic heterocycles. The number of phenols is 1. The molecule has 0 spiro atoms. The molecule has 2 atom stereocenters. The number of halogens is 1. The first-order valence-corrected chi connectivity index (χ1v) is 12.6. The van der Waals surface area contributed by atoms with Crippen molar-refractivity contribution in [2.24, 2.45) is 5.92 Å². The number of rotatable bonds is 9. The number of nitrogens with zero attached hydrogens (tertiary/aromatic N) is 1. The molecule has 1 aliphatic carbocycles. The van der Waals surface area contributed by atoms with Gasteiger partial charge in [0.1, 0.15) is 17.3 Å². The van der Waals surface area contributed by atoms with Gasteiger partial charge >= 0.3 is 6.09 Å². The first-order chi connectivity index (χ1) is 16.7. The Hall–Kier alpha value is -3.08. The highest BCUT2D eigenvalue weighted by Crippen LogP contribution is 2.47. The smallest absolute Gasteiger partial charge is 0.415 e. The molecule has 0 radical (unpaired) electrons. The van der Waals surface area contributed by atoms with Crippen molar-refractivity contribution in [2.45, 2.75) is 71.8 Å². The van der Waals surface area contributed by atoms with Crippen LogP contribution in [0.15, 0.2) is 60.2 Å². The van der Waals surface area contributed by atoms with Gasteiger partial charge in [-0.25, -0.2) is 9.18 Å². The quantitative estimate of drug-likeness (QED) is 0.294. The molecule has 0 aliphatic heterocycles. The van der Waals surface area contributed by atoms with Crippen LogP contribution in [-0.2, 0) is 13.0 Å². The standard InChI is InChI=1S/C30H38FNO3/c1-6-7-8-9-23-17-27(33)29(26-16-21(4)10-15-25(26)20(2)3)28(18-23)35-30(34)32(5)19-22-11-13-24(31)14-12-22/h11-14,16-18,25-26,33H,2,6-10,15,19H2,1,3-5H3/t25-,26+/m0/s1. The first-order valence-electron chi connectivity index (χ1n) is 12.6. The zero-order chi connectivity index (χ0) is 25.5. The molecular formula is C30H38FNO3. The number of hydrogen-bond acceptors (Lipinski definition) is 3. The van der Waals surface area contributed by atoms with Crippen LogP contribution in [0.5, 0.6) is 11.5 Å². The van der Waals surface area contributed by atoms with Crippen LogP contribution in [0.2, 0.25) is 0 Å². The molecule has 0 saturated heterocycles. The number of ether oxygens (including phenoxy) is 1. The molecule has 2 aromatic carbocycles. The molecule has 4 nitrogen and oxygen atoms in total. The molecule has 0 unspecified atom stereocenters. The summed E-state index contributed by atoms with van der Waals surface area (Å²) >= 11 is 0. The van der Waals surface area contributed by atoms with Gasteiger partial charge in [-0.05, 0) is 80.8 Å². The highest BCUT2D eigenvalue weighted by Gasteiger charge is 2.31. The van der Waals surface area contributed by atoms with Gasteiger partial charge in [-0.3, -0.25) is 0 Å². The average molecular weight is 480 g/mol. The lowest BCUT2D eigenvalue weighted by molar-refractivity contribution is 0.160. The average Bonchev–Trinajstić information content (AvgIpc) is 2.80.